The van der Waals surface area contributed by atoms with Gasteiger partial charge < -0.3 is 10.6 Å². The van der Waals surface area contributed by atoms with Gasteiger partial charge in [0.05, 0.1) is 16.1 Å². The maximum Gasteiger partial charge on any atom is 0.319 e. The number of amides is 2. The predicted octanol–water partition coefficient (Wildman–Crippen LogP) is 6.54. The van der Waals surface area contributed by atoms with Crippen LogP contribution in [0.4, 0.5) is 16.2 Å². The van der Waals surface area contributed by atoms with Crippen LogP contribution in [-0.2, 0) is 15.6 Å². The van der Waals surface area contributed by atoms with Crippen molar-refractivity contribution in [3.05, 3.63) is 95.0 Å². The molecule has 0 aliphatic carbocycles. The SMILES string of the molecule is C=C(C)c1cccc(C(C)(C)NC(=O)Nc2ccc(C)c(S(=O)(=O)Nc3cccc(Cl)c3)c2)c1. The van der Waals surface area contributed by atoms with Gasteiger partial charge in [0, 0.05) is 10.7 Å². The number of anilines is 2. The summed E-state index contributed by atoms with van der Waals surface area (Å²) >= 11 is 5.96. The highest BCUT2D eigenvalue weighted by Gasteiger charge is 2.24. The molecule has 3 rings (SSSR count). The van der Waals surface area contributed by atoms with Gasteiger partial charge in [-0.25, -0.2) is 13.2 Å². The number of aryl methyl sites for hydroxylation is 1. The first-order valence-corrected chi connectivity index (χ1v) is 12.5. The molecule has 0 saturated heterocycles. The largest absolute Gasteiger partial charge is 0.329 e. The van der Waals surface area contributed by atoms with E-state index in [1.165, 1.54) is 12.1 Å². The van der Waals surface area contributed by atoms with Gasteiger partial charge in [-0.05, 0) is 80.8 Å². The Morgan fingerprint density at radius 2 is 1.68 bits per heavy atom. The quantitative estimate of drug-likeness (QED) is 0.346. The number of sulfonamides is 1. The number of nitrogens with one attached hydrogen (secondary N) is 3. The van der Waals surface area contributed by atoms with Gasteiger partial charge in [-0.3, -0.25) is 4.72 Å². The summed E-state index contributed by atoms with van der Waals surface area (Å²) in [6.07, 6.45) is 0. The molecule has 0 atom stereocenters. The molecule has 0 aromatic heterocycles. The van der Waals surface area contributed by atoms with Crippen LogP contribution in [0.25, 0.3) is 5.57 Å². The number of hydrogen-bond acceptors (Lipinski definition) is 3. The molecule has 0 radical (unpaired) electrons. The van der Waals surface area contributed by atoms with Gasteiger partial charge in [-0.15, -0.1) is 0 Å². The van der Waals surface area contributed by atoms with Crippen molar-refractivity contribution in [3.63, 3.8) is 0 Å². The van der Waals surface area contributed by atoms with Crippen LogP contribution in [0.5, 0.6) is 0 Å². The molecular weight excluding hydrogens is 470 g/mol. The van der Waals surface area contributed by atoms with Crippen molar-refractivity contribution in [3.8, 4) is 0 Å². The van der Waals surface area contributed by atoms with Crippen LogP contribution in [-0.4, -0.2) is 14.4 Å². The standard InChI is InChI=1S/C26H28ClN3O3S/c1-17(2)19-8-6-9-20(14-19)26(4,5)29-25(31)28-22-13-12-18(3)24(16-22)34(32,33)30-23-11-7-10-21(27)15-23/h6-16,30H,1H2,2-5H3,(H2,28,29,31). The van der Waals surface area contributed by atoms with Crippen molar-refractivity contribution < 1.29 is 13.2 Å². The Balaban J connectivity index is 1.78. The fourth-order valence-corrected chi connectivity index (χ4v) is 4.93. The second-order valence-corrected chi connectivity index (χ2v) is 10.7. The molecule has 0 spiro atoms. The van der Waals surface area contributed by atoms with Gasteiger partial charge in [0.2, 0.25) is 0 Å². The first-order valence-electron chi connectivity index (χ1n) is 10.6. The number of allylic oxidation sites excluding steroid dienone is 1. The summed E-state index contributed by atoms with van der Waals surface area (Å²) in [5.41, 5.74) is 3.40. The third kappa shape index (κ3) is 6.18. The molecule has 0 saturated carbocycles. The molecule has 2 amide bonds. The van der Waals surface area contributed by atoms with E-state index in [1.807, 2.05) is 45.0 Å². The Morgan fingerprint density at radius 3 is 2.35 bits per heavy atom. The monoisotopic (exact) mass is 497 g/mol. The van der Waals surface area contributed by atoms with E-state index in [1.54, 1.807) is 37.3 Å². The lowest BCUT2D eigenvalue weighted by Gasteiger charge is -2.27. The number of hydrogen-bond donors (Lipinski definition) is 3. The Labute approximate surface area is 206 Å². The van der Waals surface area contributed by atoms with Crippen molar-refractivity contribution in [2.24, 2.45) is 0 Å². The van der Waals surface area contributed by atoms with Crippen LogP contribution >= 0.6 is 11.6 Å². The van der Waals surface area contributed by atoms with E-state index in [-0.39, 0.29) is 4.90 Å². The molecular formula is C26H28ClN3O3S. The van der Waals surface area contributed by atoms with Crippen molar-refractivity contribution >= 4 is 44.6 Å². The number of carbonyl (C=O) groups is 1. The summed E-state index contributed by atoms with van der Waals surface area (Å²) in [4.78, 5) is 12.8. The Hall–Kier alpha value is -3.29. The second kappa shape index (κ2) is 9.91. The zero-order chi connectivity index (χ0) is 25.1. The summed E-state index contributed by atoms with van der Waals surface area (Å²) in [7, 11) is -3.90. The molecule has 0 bridgehead atoms. The minimum absolute atomic E-state index is 0.0543. The summed E-state index contributed by atoms with van der Waals surface area (Å²) < 4.78 is 28.5. The molecule has 0 aliphatic heterocycles. The van der Waals surface area contributed by atoms with Crippen molar-refractivity contribution in [1.82, 2.24) is 5.32 Å². The Kier molecular flexibility index (Phi) is 7.38. The van der Waals surface area contributed by atoms with Gasteiger partial charge in [0.25, 0.3) is 10.0 Å². The normalized spacial score (nSPS) is 11.6. The van der Waals surface area contributed by atoms with E-state index < -0.39 is 21.6 Å². The van der Waals surface area contributed by atoms with Crippen molar-refractivity contribution in [1.29, 1.82) is 0 Å². The minimum atomic E-state index is -3.90. The molecule has 178 valence electrons. The van der Waals surface area contributed by atoms with E-state index in [9.17, 15) is 13.2 Å². The van der Waals surface area contributed by atoms with Gasteiger partial charge in [-0.1, -0.05) is 54.1 Å². The lowest BCUT2D eigenvalue weighted by molar-refractivity contribution is 0.242. The highest BCUT2D eigenvalue weighted by molar-refractivity contribution is 7.92. The van der Waals surface area contributed by atoms with Gasteiger partial charge in [0.15, 0.2) is 0 Å². The first kappa shape index (κ1) is 25.3. The van der Waals surface area contributed by atoms with E-state index in [0.717, 1.165) is 16.7 Å². The first-order chi connectivity index (χ1) is 15.9. The fraction of sp³-hybridized carbons (Fsp3) is 0.192. The fourth-order valence-electron chi connectivity index (χ4n) is 3.42. The number of urea groups is 1. The smallest absolute Gasteiger partial charge is 0.319 e. The molecule has 3 aromatic rings. The topological polar surface area (TPSA) is 87.3 Å². The molecule has 0 fully saturated rings. The molecule has 0 heterocycles. The van der Waals surface area contributed by atoms with Gasteiger partial charge >= 0.3 is 6.03 Å². The Bertz CT molecular complexity index is 1350. The third-order valence-corrected chi connectivity index (χ3v) is 7.07. The van der Waals surface area contributed by atoms with Crippen LogP contribution in [0.15, 0.2) is 78.2 Å². The molecule has 3 N–H and O–H groups in total. The van der Waals surface area contributed by atoms with E-state index in [2.05, 4.69) is 21.9 Å². The molecule has 8 heteroatoms. The summed E-state index contributed by atoms with van der Waals surface area (Å²) in [6, 6.07) is 18.5. The third-order valence-electron chi connectivity index (χ3n) is 5.32. The second-order valence-electron chi connectivity index (χ2n) is 8.66. The van der Waals surface area contributed by atoms with Gasteiger partial charge in [0.1, 0.15) is 0 Å². The van der Waals surface area contributed by atoms with E-state index in [0.29, 0.717) is 22.0 Å². The highest BCUT2D eigenvalue weighted by Crippen LogP contribution is 2.26. The van der Waals surface area contributed by atoms with Crippen molar-refractivity contribution in [2.75, 3.05) is 10.0 Å². The summed E-state index contributed by atoms with van der Waals surface area (Å²) in [5.74, 6) is 0. The maximum absolute atomic E-state index is 13.0. The van der Waals surface area contributed by atoms with Gasteiger partial charge in [-0.2, -0.15) is 0 Å². The molecule has 3 aromatic carbocycles. The van der Waals surface area contributed by atoms with Crippen LogP contribution < -0.4 is 15.4 Å². The lowest BCUT2D eigenvalue weighted by atomic mass is 9.92. The Morgan fingerprint density at radius 1 is 0.971 bits per heavy atom. The van der Waals surface area contributed by atoms with Crippen LogP contribution in [0, 0.1) is 6.92 Å². The summed E-state index contributed by atoms with van der Waals surface area (Å²) in [6.45, 7) is 11.4. The number of rotatable bonds is 7. The average molecular weight is 498 g/mol. The number of benzene rings is 3. The van der Waals surface area contributed by atoms with Crippen LogP contribution in [0.3, 0.4) is 0 Å². The molecule has 34 heavy (non-hydrogen) atoms. The highest BCUT2D eigenvalue weighted by atomic mass is 35.5. The van der Waals surface area contributed by atoms with E-state index >= 15 is 0 Å². The van der Waals surface area contributed by atoms with Crippen LogP contribution in [0.2, 0.25) is 5.02 Å². The number of carbonyl (C=O) groups excluding carboxylic acids is 1. The molecule has 0 unspecified atom stereocenters. The lowest BCUT2D eigenvalue weighted by Crippen LogP contribution is -2.43. The average Bonchev–Trinajstić information content (AvgIpc) is 2.74. The molecule has 6 nitrogen and oxygen atoms in total. The zero-order valence-electron chi connectivity index (χ0n) is 19.6. The summed E-state index contributed by atoms with van der Waals surface area (Å²) in [5, 5.41) is 6.10. The predicted molar refractivity (Wildman–Crippen MR) is 140 cm³/mol. The molecule has 0 aliphatic rings. The maximum atomic E-state index is 13.0. The zero-order valence-corrected chi connectivity index (χ0v) is 21.1. The minimum Gasteiger partial charge on any atom is -0.329 e. The van der Waals surface area contributed by atoms with E-state index in [4.69, 9.17) is 11.6 Å². The van der Waals surface area contributed by atoms with Crippen LogP contribution in [0.1, 0.15) is 37.5 Å². The van der Waals surface area contributed by atoms with Crippen molar-refractivity contribution in [2.45, 2.75) is 38.1 Å². The number of halogens is 1.